The van der Waals surface area contributed by atoms with Crippen LogP contribution in [0, 0.1) is 6.92 Å². The first-order valence-electron chi connectivity index (χ1n) is 5.15. The normalized spacial score (nSPS) is 10.9. The molecule has 0 radical (unpaired) electrons. The van der Waals surface area contributed by atoms with Crippen LogP contribution in [-0.2, 0) is 11.2 Å². The van der Waals surface area contributed by atoms with Gasteiger partial charge in [-0.3, -0.25) is 4.79 Å². The molecule has 2 aromatic heterocycles. The van der Waals surface area contributed by atoms with E-state index >= 15 is 0 Å². The van der Waals surface area contributed by atoms with Crippen molar-refractivity contribution in [1.82, 2.24) is 5.43 Å². The van der Waals surface area contributed by atoms with Crippen molar-refractivity contribution in [2.45, 2.75) is 13.3 Å². The largest absolute Gasteiger partial charge is 0.273 e. The SMILES string of the molecule is Cc1ccc(C=NNC(=O)Cc2cccs2)s1. The van der Waals surface area contributed by atoms with E-state index in [9.17, 15) is 4.79 Å². The smallest absolute Gasteiger partial charge is 0.245 e. The zero-order chi connectivity index (χ0) is 12.1. The lowest BCUT2D eigenvalue weighted by Crippen LogP contribution is -2.19. The van der Waals surface area contributed by atoms with Crippen LogP contribution in [0.2, 0.25) is 0 Å². The number of thiophene rings is 2. The van der Waals surface area contributed by atoms with E-state index in [1.54, 1.807) is 28.9 Å². The van der Waals surface area contributed by atoms with E-state index in [1.807, 2.05) is 36.6 Å². The molecule has 0 aliphatic carbocycles. The molecule has 2 heterocycles. The molecule has 0 fully saturated rings. The number of nitrogens with zero attached hydrogens (tertiary/aromatic N) is 1. The van der Waals surface area contributed by atoms with E-state index in [-0.39, 0.29) is 5.91 Å². The number of carbonyl (C=O) groups excluding carboxylic acids is 1. The fourth-order valence-corrected chi connectivity index (χ4v) is 2.75. The Morgan fingerprint density at radius 2 is 2.35 bits per heavy atom. The van der Waals surface area contributed by atoms with Gasteiger partial charge in [-0.2, -0.15) is 5.10 Å². The average Bonchev–Trinajstić information content (AvgIpc) is 2.90. The second kappa shape index (κ2) is 5.75. The number of amides is 1. The van der Waals surface area contributed by atoms with Gasteiger partial charge in [0.1, 0.15) is 0 Å². The van der Waals surface area contributed by atoms with Gasteiger partial charge < -0.3 is 0 Å². The van der Waals surface area contributed by atoms with E-state index in [0.717, 1.165) is 9.75 Å². The van der Waals surface area contributed by atoms with Gasteiger partial charge in [0.05, 0.1) is 12.6 Å². The molecule has 0 aliphatic heterocycles. The Hall–Kier alpha value is -1.46. The minimum absolute atomic E-state index is 0.0861. The molecule has 0 unspecified atom stereocenters. The van der Waals surface area contributed by atoms with Gasteiger partial charge in [0, 0.05) is 14.6 Å². The van der Waals surface area contributed by atoms with Crippen molar-refractivity contribution in [3.05, 3.63) is 44.3 Å². The van der Waals surface area contributed by atoms with Gasteiger partial charge in [0.15, 0.2) is 0 Å². The zero-order valence-corrected chi connectivity index (χ0v) is 11.0. The molecule has 0 atom stereocenters. The molecule has 0 bridgehead atoms. The van der Waals surface area contributed by atoms with Gasteiger partial charge in [-0.05, 0) is 30.5 Å². The lowest BCUT2D eigenvalue weighted by molar-refractivity contribution is -0.120. The molecule has 0 aromatic carbocycles. The van der Waals surface area contributed by atoms with E-state index in [0.29, 0.717) is 6.42 Å². The summed E-state index contributed by atoms with van der Waals surface area (Å²) in [4.78, 5) is 14.8. The molecule has 1 amide bonds. The maximum Gasteiger partial charge on any atom is 0.245 e. The maximum atomic E-state index is 11.5. The highest BCUT2D eigenvalue weighted by Gasteiger charge is 2.02. The quantitative estimate of drug-likeness (QED) is 0.669. The van der Waals surface area contributed by atoms with E-state index in [1.165, 1.54) is 4.88 Å². The molecule has 88 valence electrons. The van der Waals surface area contributed by atoms with Crippen LogP contribution in [0.1, 0.15) is 14.6 Å². The maximum absolute atomic E-state index is 11.5. The molecule has 1 N–H and O–H groups in total. The van der Waals surface area contributed by atoms with Crippen molar-refractivity contribution in [2.24, 2.45) is 5.10 Å². The van der Waals surface area contributed by atoms with E-state index in [2.05, 4.69) is 10.5 Å². The predicted molar refractivity (Wildman–Crippen MR) is 72.8 cm³/mol. The van der Waals surface area contributed by atoms with Crippen LogP contribution >= 0.6 is 22.7 Å². The van der Waals surface area contributed by atoms with Gasteiger partial charge >= 0.3 is 0 Å². The monoisotopic (exact) mass is 264 g/mol. The Labute approximate surface area is 108 Å². The number of carbonyl (C=O) groups is 1. The minimum atomic E-state index is -0.0861. The molecule has 5 heteroatoms. The Morgan fingerprint density at radius 1 is 1.47 bits per heavy atom. The van der Waals surface area contributed by atoms with Crippen molar-refractivity contribution >= 4 is 34.8 Å². The van der Waals surface area contributed by atoms with Crippen LogP contribution in [0.5, 0.6) is 0 Å². The highest BCUT2D eigenvalue weighted by Crippen LogP contribution is 2.12. The van der Waals surface area contributed by atoms with Gasteiger partial charge in [-0.1, -0.05) is 6.07 Å². The topological polar surface area (TPSA) is 41.5 Å². The van der Waals surface area contributed by atoms with Crippen LogP contribution in [0.4, 0.5) is 0 Å². The highest BCUT2D eigenvalue weighted by molar-refractivity contribution is 7.13. The summed E-state index contributed by atoms with van der Waals surface area (Å²) in [6.45, 7) is 2.04. The molecular formula is C12H12N2OS2. The summed E-state index contributed by atoms with van der Waals surface area (Å²) in [7, 11) is 0. The zero-order valence-electron chi connectivity index (χ0n) is 9.34. The summed E-state index contributed by atoms with van der Waals surface area (Å²) in [5.41, 5.74) is 2.52. The van der Waals surface area contributed by atoms with Crippen molar-refractivity contribution in [3.8, 4) is 0 Å². The van der Waals surface area contributed by atoms with Crippen molar-refractivity contribution in [1.29, 1.82) is 0 Å². The average molecular weight is 264 g/mol. The summed E-state index contributed by atoms with van der Waals surface area (Å²) >= 11 is 3.22. The summed E-state index contributed by atoms with van der Waals surface area (Å²) in [6.07, 6.45) is 2.06. The number of hydrogen-bond acceptors (Lipinski definition) is 4. The van der Waals surface area contributed by atoms with Crippen molar-refractivity contribution < 1.29 is 4.79 Å². The highest BCUT2D eigenvalue weighted by atomic mass is 32.1. The van der Waals surface area contributed by atoms with Crippen molar-refractivity contribution in [2.75, 3.05) is 0 Å². The molecule has 3 nitrogen and oxygen atoms in total. The summed E-state index contributed by atoms with van der Waals surface area (Å²) in [5.74, 6) is -0.0861. The first kappa shape index (κ1) is 12.0. The Balaban J connectivity index is 1.82. The van der Waals surface area contributed by atoms with Gasteiger partial charge in [-0.25, -0.2) is 5.43 Å². The standard InChI is InChI=1S/C12H12N2OS2/c1-9-4-5-11(17-9)8-13-14-12(15)7-10-3-2-6-16-10/h2-6,8H,7H2,1H3,(H,14,15). The molecule has 0 aliphatic rings. The lowest BCUT2D eigenvalue weighted by Gasteiger charge is -1.96. The molecule has 0 saturated heterocycles. The van der Waals surface area contributed by atoms with E-state index < -0.39 is 0 Å². The van der Waals surface area contributed by atoms with E-state index in [4.69, 9.17) is 0 Å². The van der Waals surface area contributed by atoms with Crippen LogP contribution in [0.15, 0.2) is 34.7 Å². The second-order valence-electron chi connectivity index (χ2n) is 3.50. The third-order valence-corrected chi connectivity index (χ3v) is 3.87. The lowest BCUT2D eigenvalue weighted by atomic mass is 10.3. The Morgan fingerprint density at radius 3 is 3.00 bits per heavy atom. The third kappa shape index (κ3) is 3.80. The van der Waals surface area contributed by atoms with Gasteiger partial charge in [-0.15, -0.1) is 22.7 Å². The van der Waals surface area contributed by atoms with Crippen LogP contribution < -0.4 is 5.43 Å². The van der Waals surface area contributed by atoms with Gasteiger partial charge in [0.25, 0.3) is 0 Å². The Bertz CT molecular complexity index is 514. The Kier molecular flexibility index (Phi) is 4.06. The minimum Gasteiger partial charge on any atom is -0.273 e. The summed E-state index contributed by atoms with van der Waals surface area (Å²) in [6, 6.07) is 7.88. The number of hydrazone groups is 1. The predicted octanol–water partition coefficient (Wildman–Crippen LogP) is 2.81. The summed E-state index contributed by atoms with van der Waals surface area (Å²) in [5, 5.41) is 5.88. The van der Waals surface area contributed by atoms with Crippen LogP contribution in [0.25, 0.3) is 0 Å². The molecule has 17 heavy (non-hydrogen) atoms. The molecule has 0 saturated carbocycles. The number of nitrogens with one attached hydrogen (secondary N) is 1. The molecule has 2 aromatic rings. The van der Waals surface area contributed by atoms with Gasteiger partial charge in [0.2, 0.25) is 5.91 Å². The summed E-state index contributed by atoms with van der Waals surface area (Å²) < 4.78 is 0. The second-order valence-corrected chi connectivity index (χ2v) is 5.85. The van der Waals surface area contributed by atoms with Crippen molar-refractivity contribution in [3.63, 3.8) is 0 Å². The first-order chi connectivity index (χ1) is 8.24. The third-order valence-electron chi connectivity index (χ3n) is 2.06. The molecule has 0 spiro atoms. The fraction of sp³-hybridized carbons (Fsp3) is 0.167. The van der Waals surface area contributed by atoms with Crippen LogP contribution in [-0.4, -0.2) is 12.1 Å². The molecular weight excluding hydrogens is 252 g/mol. The number of rotatable bonds is 4. The van der Waals surface area contributed by atoms with Crippen LogP contribution in [0.3, 0.4) is 0 Å². The fourth-order valence-electron chi connectivity index (χ4n) is 1.30. The number of hydrogen-bond donors (Lipinski definition) is 1. The molecule has 2 rings (SSSR count). The number of aryl methyl sites for hydroxylation is 1. The first-order valence-corrected chi connectivity index (χ1v) is 6.84.